The number of esters is 2. The molecule has 0 atom stereocenters. The molecule has 2 aliphatic heterocycles. The number of benzene rings is 1. The molecule has 2 aliphatic rings. The van der Waals surface area contributed by atoms with E-state index in [0.29, 0.717) is 19.0 Å². The first-order valence-electron chi connectivity index (χ1n) is 14.4. The van der Waals surface area contributed by atoms with Crippen LogP contribution in [0.4, 0.5) is 5.69 Å². The Labute approximate surface area is 235 Å². The number of rotatable bonds is 6. The van der Waals surface area contributed by atoms with E-state index >= 15 is 0 Å². The summed E-state index contributed by atoms with van der Waals surface area (Å²) in [5.74, 6) is 0.132. The highest BCUT2D eigenvalue weighted by molar-refractivity contribution is 5.72. The molecule has 0 spiro atoms. The first kappa shape index (κ1) is 31.3. The molecule has 0 aromatic heterocycles. The van der Waals surface area contributed by atoms with Gasteiger partial charge in [-0.05, 0) is 71.6 Å². The Hall–Kier alpha value is -2.20. The zero-order chi connectivity index (χ0) is 28.6. The van der Waals surface area contributed by atoms with Crippen molar-refractivity contribution in [2.45, 2.75) is 59.2 Å². The summed E-state index contributed by atoms with van der Waals surface area (Å²) in [5, 5.41) is 0. The largest absolute Gasteiger partial charge is 0.459 e. The fraction of sp³-hybridized carbons (Fsp3) is 0.733. The molecular formula is C30H51N5O4. The maximum Gasteiger partial charge on any atom is 0.320 e. The summed E-state index contributed by atoms with van der Waals surface area (Å²) in [6.07, 6.45) is 0.997. The number of fused-ring (bicyclic) bond motifs is 4. The standard InChI is InChI=1S/C30H51N5O4/c1-29(2,3)38-27(36)22-34-15-11-32-13-17-35(23-28(37)39-30(4,5)6)18-14-33(12-16-34)21-25(20-32)19-24-7-9-26(31)10-8-24/h7-10,25H,11-23,31H2,1-6H3. The summed E-state index contributed by atoms with van der Waals surface area (Å²) in [5.41, 5.74) is 7.05. The molecule has 0 saturated carbocycles. The van der Waals surface area contributed by atoms with Crippen molar-refractivity contribution in [3.63, 3.8) is 0 Å². The van der Waals surface area contributed by atoms with E-state index in [0.717, 1.165) is 77.6 Å². The average Bonchev–Trinajstić information content (AvgIpc) is 2.79. The predicted octanol–water partition coefficient (Wildman–Crippen LogP) is 2.35. The Morgan fingerprint density at radius 2 is 1.10 bits per heavy atom. The van der Waals surface area contributed by atoms with Crippen LogP contribution in [-0.2, 0) is 25.5 Å². The van der Waals surface area contributed by atoms with Crippen molar-refractivity contribution in [2.24, 2.45) is 5.92 Å². The SMILES string of the molecule is CC(C)(C)OC(=O)CN1CCN2CCN(CC(=O)OC(C)(C)C)CCN(CC1)CC(Cc1ccc(N)cc1)C2. The molecule has 9 heteroatoms. The monoisotopic (exact) mass is 545 g/mol. The van der Waals surface area contributed by atoms with Crippen LogP contribution in [0.3, 0.4) is 0 Å². The highest BCUT2D eigenvalue weighted by atomic mass is 16.6. The Morgan fingerprint density at radius 3 is 1.46 bits per heavy atom. The van der Waals surface area contributed by atoms with Crippen molar-refractivity contribution >= 4 is 17.6 Å². The maximum absolute atomic E-state index is 12.6. The van der Waals surface area contributed by atoms with Gasteiger partial charge in [0.2, 0.25) is 0 Å². The molecule has 1 aromatic rings. The number of nitrogen functional groups attached to an aromatic ring is 1. The van der Waals surface area contributed by atoms with Crippen molar-refractivity contribution in [1.82, 2.24) is 19.6 Å². The molecule has 220 valence electrons. The minimum atomic E-state index is -0.486. The Kier molecular flexibility index (Phi) is 11.2. The van der Waals surface area contributed by atoms with Gasteiger partial charge in [-0.3, -0.25) is 19.4 Å². The Balaban J connectivity index is 1.73. The van der Waals surface area contributed by atoms with Crippen molar-refractivity contribution in [2.75, 3.05) is 84.3 Å². The van der Waals surface area contributed by atoms with Gasteiger partial charge in [0.1, 0.15) is 11.2 Å². The van der Waals surface area contributed by atoms with Crippen LogP contribution in [0.25, 0.3) is 0 Å². The molecule has 39 heavy (non-hydrogen) atoms. The zero-order valence-electron chi connectivity index (χ0n) is 25.1. The summed E-state index contributed by atoms with van der Waals surface area (Å²) >= 11 is 0. The maximum atomic E-state index is 12.6. The van der Waals surface area contributed by atoms with Gasteiger partial charge in [0.05, 0.1) is 13.1 Å². The molecule has 1 aromatic carbocycles. The third kappa shape index (κ3) is 12.2. The van der Waals surface area contributed by atoms with Gasteiger partial charge in [-0.15, -0.1) is 0 Å². The van der Waals surface area contributed by atoms with Crippen molar-refractivity contribution in [1.29, 1.82) is 0 Å². The van der Waals surface area contributed by atoms with Gasteiger partial charge in [0.25, 0.3) is 0 Å². The number of nitrogens with zero attached hydrogens (tertiary/aromatic N) is 4. The van der Waals surface area contributed by atoms with E-state index in [-0.39, 0.29) is 11.9 Å². The van der Waals surface area contributed by atoms with Gasteiger partial charge >= 0.3 is 11.9 Å². The van der Waals surface area contributed by atoms with Crippen molar-refractivity contribution in [3.8, 4) is 0 Å². The second-order valence-corrected chi connectivity index (χ2v) is 13.1. The quantitative estimate of drug-likeness (QED) is 0.427. The van der Waals surface area contributed by atoms with E-state index < -0.39 is 11.2 Å². The molecular weight excluding hydrogens is 494 g/mol. The predicted molar refractivity (Wildman–Crippen MR) is 155 cm³/mol. The van der Waals surface area contributed by atoms with Crippen LogP contribution in [0.2, 0.25) is 0 Å². The highest BCUT2D eigenvalue weighted by Crippen LogP contribution is 2.17. The number of hydrogen-bond acceptors (Lipinski definition) is 9. The first-order chi connectivity index (χ1) is 18.2. The molecule has 2 N–H and O–H groups in total. The molecule has 2 bridgehead atoms. The fourth-order valence-electron chi connectivity index (χ4n) is 5.28. The number of carbonyl (C=O) groups is 2. The van der Waals surface area contributed by atoms with Crippen LogP contribution in [0.1, 0.15) is 47.1 Å². The molecule has 0 aliphatic carbocycles. The van der Waals surface area contributed by atoms with Crippen LogP contribution >= 0.6 is 0 Å². The van der Waals surface area contributed by atoms with Gasteiger partial charge < -0.3 is 25.0 Å². The van der Waals surface area contributed by atoms with Gasteiger partial charge in [0, 0.05) is 71.1 Å². The Morgan fingerprint density at radius 1 is 0.718 bits per heavy atom. The van der Waals surface area contributed by atoms with Gasteiger partial charge in [-0.2, -0.15) is 0 Å². The second-order valence-electron chi connectivity index (χ2n) is 13.1. The molecule has 3 rings (SSSR count). The molecule has 0 radical (unpaired) electrons. The fourth-order valence-corrected chi connectivity index (χ4v) is 5.28. The number of hydrogen-bond donors (Lipinski definition) is 1. The number of nitrogens with two attached hydrogens (primary N) is 1. The molecule has 2 saturated heterocycles. The number of anilines is 1. The minimum absolute atomic E-state index is 0.172. The van der Waals surface area contributed by atoms with Crippen molar-refractivity contribution < 1.29 is 19.1 Å². The summed E-state index contributed by atoms with van der Waals surface area (Å²) < 4.78 is 11.2. The lowest BCUT2D eigenvalue weighted by Crippen LogP contribution is -2.52. The molecule has 2 heterocycles. The molecule has 0 amide bonds. The van der Waals surface area contributed by atoms with E-state index in [9.17, 15) is 9.59 Å². The average molecular weight is 546 g/mol. The molecule has 0 unspecified atom stereocenters. The van der Waals surface area contributed by atoms with Gasteiger partial charge in [-0.1, -0.05) is 12.1 Å². The van der Waals surface area contributed by atoms with Crippen LogP contribution in [0.5, 0.6) is 0 Å². The Bertz CT molecular complexity index is 857. The normalized spacial score (nSPS) is 24.3. The van der Waals surface area contributed by atoms with Crippen molar-refractivity contribution in [3.05, 3.63) is 29.8 Å². The lowest BCUT2D eigenvalue weighted by Gasteiger charge is -2.39. The topological polar surface area (TPSA) is 91.6 Å². The van der Waals surface area contributed by atoms with Gasteiger partial charge in [0.15, 0.2) is 0 Å². The third-order valence-electron chi connectivity index (χ3n) is 7.01. The number of ether oxygens (including phenoxy) is 2. The van der Waals surface area contributed by atoms with Crippen LogP contribution in [-0.4, -0.2) is 121 Å². The van der Waals surface area contributed by atoms with E-state index in [1.54, 1.807) is 0 Å². The summed E-state index contributed by atoms with van der Waals surface area (Å²) in [7, 11) is 0. The minimum Gasteiger partial charge on any atom is -0.459 e. The van der Waals surface area contributed by atoms with Crippen LogP contribution in [0.15, 0.2) is 24.3 Å². The highest BCUT2D eigenvalue weighted by Gasteiger charge is 2.27. The van der Waals surface area contributed by atoms with E-state index in [1.807, 2.05) is 53.7 Å². The van der Waals surface area contributed by atoms with E-state index in [1.165, 1.54) is 5.56 Å². The first-order valence-corrected chi connectivity index (χ1v) is 14.4. The summed E-state index contributed by atoms with van der Waals surface area (Å²) in [6.45, 7) is 20.6. The lowest BCUT2D eigenvalue weighted by molar-refractivity contribution is -0.157. The second kappa shape index (κ2) is 13.9. The summed E-state index contributed by atoms with van der Waals surface area (Å²) in [6, 6.07) is 8.24. The zero-order valence-corrected chi connectivity index (χ0v) is 25.1. The molecule has 2 fully saturated rings. The van der Waals surface area contributed by atoms with Gasteiger partial charge in [-0.25, -0.2) is 0 Å². The van der Waals surface area contributed by atoms with E-state index in [2.05, 4.69) is 31.7 Å². The lowest BCUT2D eigenvalue weighted by atomic mass is 9.97. The molecule has 9 nitrogen and oxygen atoms in total. The smallest absolute Gasteiger partial charge is 0.320 e. The van der Waals surface area contributed by atoms with Crippen LogP contribution < -0.4 is 5.73 Å². The number of carbonyl (C=O) groups excluding carboxylic acids is 2. The third-order valence-corrected chi connectivity index (χ3v) is 7.01. The van der Waals surface area contributed by atoms with E-state index in [4.69, 9.17) is 15.2 Å². The summed E-state index contributed by atoms with van der Waals surface area (Å²) in [4.78, 5) is 34.7. The van der Waals surface area contributed by atoms with Crippen LogP contribution in [0, 0.1) is 5.92 Å².